The van der Waals surface area contributed by atoms with Gasteiger partial charge in [0, 0.05) is 49.4 Å². The van der Waals surface area contributed by atoms with Gasteiger partial charge < -0.3 is 5.73 Å². The maximum atomic E-state index is 5.65. The predicted octanol–water partition coefficient (Wildman–Crippen LogP) is 1.63. The quantitative estimate of drug-likeness (QED) is 0.779. The van der Waals surface area contributed by atoms with Gasteiger partial charge in [-0.1, -0.05) is 0 Å². The number of rotatable bonds is 2. The molecule has 0 fully saturated rings. The molecule has 0 aromatic carbocycles. The van der Waals surface area contributed by atoms with E-state index >= 15 is 0 Å². The van der Waals surface area contributed by atoms with E-state index in [2.05, 4.69) is 42.8 Å². The van der Waals surface area contributed by atoms with Crippen LogP contribution in [0.25, 0.3) is 4.96 Å². The Bertz CT molecular complexity index is 805. The number of nitrogens with zero attached hydrogens (tertiary/aromatic N) is 5. The summed E-state index contributed by atoms with van der Waals surface area (Å²) in [6.07, 6.45) is 4.87. The van der Waals surface area contributed by atoms with Crippen LogP contribution >= 0.6 is 11.3 Å². The second-order valence-electron chi connectivity index (χ2n) is 5.36. The van der Waals surface area contributed by atoms with Crippen molar-refractivity contribution in [3.05, 3.63) is 40.4 Å². The molecule has 1 aliphatic rings. The molecular formula is C14H16N6S. The highest BCUT2D eigenvalue weighted by Gasteiger charge is 2.20. The highest BCUT2D eigenvalue weighted by atomic mass is 32.1. The molecule has 0 radical (unpaired) electrons. The van der Waals surface area contributed by atoms with Gasteiger partial charge in [-0.05, 0) is 6.92 Å². The molecule has 0 saturated heterocycles. The number of hydrogen-bond donors (Lipinski definition) is 1. The molecule has 0 spiro atoms. The zero-order valence-corrected chi connectivity index (χ0v) is 12.6. The number of imidazole rings is 1. The minimum absolute atomic E-state index is 0.369. The van der Waals surface area contributed by atoms with Crippen LogP contribution in [0, 0.1) is 6.92 Å². The standard InChI is InChI=1S/C14H16N6S/c1-9-12(20-4-5-21-14(20)17-9)8-19-3-2-11-10(7-19)6-16-13(15)18-11/h4-6H,2-3,7-8H2,1H3,(H2,15,16,18). The molecule has 0 unspecified atom stereocenters. The first-order chi connectivity index (χ1) is 10.2. The molecule has 0 atom stereocenters. The third-order valence-electron chi connectivity index (χ3n) is 3.97. The van der Waals surface area contributed by atoms with Gasteiger partial charge in [-0.15, -0.1) is 11.3 Å². The van der Waals surface area contributed by atoms with E-state index in [1.807, 2.05) is 6.20 Å². The lowest BCUT2D eigenvalue weighted by Gasteiger charge is -2.27. The first-order valence-corrected chi connectivity index (χ1v) is 7.82. The van der Waals surface area contributed by atoms with E-state index in [-0.39, 0.29) is 0 Å². The molecule has 0 amide bonds. The molecule has 7 heteroatoms. The zero-order chi connectivity index (χ0) is 14.4. The summed E-state index contributed by atoms with van der Waals surface area (Å²) in [5, 5.41) is 2.08. The summed E-state index contributed by atoms with van der Waals surface area (Å²) in [5.41, 5.74) is 10.3. The van der Waals surface area contributed by atoms with Gasteiger partial charge in [0.15, 0.2) is 4.96 Å². The van der Waals surface area contributed by atoms with Gasteiger partial charge in [0.2, 0.25) is 5.95 Å². The van der Waals surface area contributed by atoms with Crippen molar-refractivity contribution in [3.8, 4) is 0 Å². The number of thiazole rings is 1. The molecule has 4 heterocycles. The minimum atomic E-state index is 0.369. The van der Waals surface area contributed by atoms with E-state index in [0.29, 0.717) is 5.95 Å². The van der Waals surface area contributed by atoms with Crippen molar-refractivity contribution in [2.45, 2.75) is 26.4 Å². The Morgan fingerprint density at radius 1 is 1.38 bits per heavy atom. The fourth-order valence-electron chi connectivity index (χ4n) is 2.87. The molecule has 3 aromatic heterocycles. The summed E-state index contributed by atoms with van der Waals surface area (Å²) in [6, 6.07) is 0. The number of aromatic nitrogens is 4. The first-order valence-electron chi connectivity index (χ1n) is 6.94. The molecule has 4 rings (SSSR count). The van der Waals surface area contributed by atoms with Crippen LogP contribution in [0.5, 0.6) is 0 Å². The molecule has 1 aliphatic heterocycles. The third-order valence-corrected chi connectivity index (χ3v) is 4.72. The van der Waals surface area contributed by atoms with Crippen molar-refractivity contribution in [2.24, 2.45) is 0 Å². The second-order valence-corrected chi connectivity index (χ2v) is 6.23. The van der Waals surface area contributed by atoms with Gasteiger partial charge >= 0.3 is 0 Å². The van der Waals surface area contributed by atoms with Crippen molar-refractivity contribution in [1.29, 1.82) is 0 Å². The van der Waals surface area contributed by atoms with Gasteiger partial charge in [-0.3, -0.25) is 9.30 Å². The third kappa shape index (κ3) is 2.18. The Balaban J connectivity index is 1.60. The molecule has 0 saturated carbocycles. The van der Waals surface area contributed by atoms with Crippen LogP contribution in [0.2, 0.25) is 0 Å². The molecule has 0 bridgehead atoms. The summed E-state index contributed by atoms with van der Waals surface area (Å²) in [4.78, 5) is 16.5. The largest absolute Gasteiger partial charge is 0.368 e. The van der Waals surface area contributed by atoms with Crippen LogP contribution in [-0.4, -0.2) is 30.8 Å². The summed E-state index contributed by atoms with van der Waals surface area (Å²) >= 11 is 1.67. The van der Waals surface area contributed by atoms with Crippen molar-refractivity contribution in [2.75, 3.05) is 12.3 Å². The zero-order valence-electron chi connectivity index (χ0n) is 11.8. The number of nitrogens with two attached hydrogens (primary N) is 1. The Morgan fingerprint density at radius 2 is 2.29 bits per heavy atom. The lowest BCUT2D eigenvalue weighted by atomic mass is 10.1. The van der Waals surface area contributed by atoms with Crippen LogP contribution < -0.4 is 5.73 Å². The summed E-state index contributed by atoms with van der Waals surface area (Å²) in [6.45, 7) is 4.83. The van der Waals surface area contributed by atoms with Crippen molar-refractivity contribution >= 4 is 22.2 Å². The van der Waals surface area contributed by atoms with Crippen LogP contribution in [0.4, 0.5) is 5.95 Å². The Kier molecular flexibility index (Phi) is 2.90. The highest BCUT2D eigenvalue weighted by Crippen LogP contribution is 2.22. The summed E-state index contributed by atoms with van der Waals surface area (Å²) < 4.78 is 2.19. The molecule has 6 nitrogen and oxygen atoms in total. The average molecular weight is 300 g/mol. The SMILES string of the molecule is Cc1nc2sccn2c1CN1CCc2nc(N)ncc2C1. The fourth-order valence-corrected chi connectivity index (χ4v) is 3.65. The Morgan fingerprint density at radius 3 is 3.19 bits per heavy atom. The smallest absolute Gasteiger partial charge is 0.220 e. The summed E-state index contributed by atoms with van der Waals surface area (Å²) in [7, 11) is 0. The maximum Gasteiger partial charge on any atom is 0.220 e. The van der Waals surface area contributed by atoms with Gasteiger partial charge in [0.05, 0.1) is 17.1 Å². The fraction of sp³-hybridized carbons (Fsp3) is 0.357. The van der Waals surface area contributed by atoms with Crippen molar-refractivity contribution < 1.29 is 0 Å². The monoisotopic (exact) mass is 300 g/mol. The molecule has 0 aliphatic carbocycles. The predicted molar refractivity (Wildman–Crippen MR) is 82.1 cm³/mol. The van der Waals surface area contributed by atoms with Crippen molar-refractivity contribution in [1.82, 2.24) is 24.3 Å². The number of hydrogen-bond acceptors (Lipinski definition) is 6. The lowest BCUT2D eigenvalue weighted by Crippen LogP contribution is -2.31. The summed E-state index contributed by atoms with van der Waals surface area (Å²) in [5.74, 6) is 0.369. The van der Waals surface area contributed by atoms with E-state index < -0.39 is 0 Å². The second kappa shape index (κ2) is 4.78. The molecule has 108 valence electrons. The number of anilines is 1. The van der Waals surface area contributed by atoms with Gasteiger partial charge in [-0.2, -0.15) is 0 Å². The maximum absolute atomic E-state index is 5.65. The lowest BCUT2D eigenvalue weighted by molar-refractivity contribution is 0.239. The van der Waals surface area contributed by atoms with E-state index in [1.165, 1.54) is 11.3 Å². The highest BCUT2D eigenvalue weighted by molar-refractivity contribution is 7.15. The minimum Gasteiger partial charge on any atom is -0.368 e. The van der Waals surface area contributed by atoms with E-state index in [4.69, 9.17) is 5.73 Å². The molecule has 3 aromatic rings. The Hall–Kier alpha value is -1.99. The number of fused-ring (bicyclic) bond motifs is 2. The van der Waals surface area contributed by atoms with E-state index in [1.54, 1.807) is 11.3 Å². The molecule has 21 heavy (non-hydrogen) atoms. The van der Waals surface area contributed by atoms with Gasteiger partial charge in [0.25, 0.3) is 0 Å². The first kappa shape index (κ1) is 12.7. The van der Waals surface area contributed by atoms with Crippen LogP contribution in [0.1, 0.15) is 22.6 Å². The average Bonchev–Trinajstić information content (AvgIpc) is 3.02. The van der Waals surface area contributed by atoms with Crippen LogP contribution in [0.15, 0.2) is 17.8 Å². The van der Waals surface area contributed by atoms with Gasteiger partial charge in [0.1, 0.15) is 0 Å². The molecular weight excluding hydrogens is 284 g/mol. The molecule has 2 N–H and O–H groups in total. The normalized spacial score (nSPS) is 15.5. The Labute approximate surface area is 126 Å². The van der Waals surface area contributed by atoms with Crippen LogP contribution in [-0.2, 0) is 19.5 Å². The van der Waals surface area contributed by atoms with E-state index in [0.717, 1.165) is 42.4 Å². The van der Waals surface area contributed by atoms with Gasteiger partial charge in [-0.25, -0.2) is 15.0 Å². The number of aryl methyl sites for hydroxylation is 1. The van der Waals surface area contributed by atoms with Crippen molar-refractivity contribution in [3.63, 3.8) is 0 Å². The topological polar surface area (TPSA) is 72.3 Å². The van der Waals surface area contributed by atoms with E-state index in [9.17, 15) is 0 Å². The van der Waals surface area contributed by atoms with Crippen LogP contribution in [0.3, 0.4) is 0 Å². The number of nitrogen functional groups attached to an aromatic ring is 1.